The number of nitrogens with one attached hydrogen (secondary N) is 2. The van der Waals surface area contributed by atoms with Crippen LogP contribution in [0.1, 0.15) is 44.9 Å². The molecule has 1 aromatic carbocycles. The van der Waals surface area contributed by atoms with Gasteiger partial charge < -0.3 is 30.8 Å². The van der Waals surface area contributed by atoms with Crippen molar-refractivity contribution in [3.63, 3.8) is 0 Å². The number of nitrogens with zero attached hydrogens (tertiary/aromatic N) is 1. The summed E-state index contributed by atoms with van der Waals surface area (Å²) in [5, 5.41) is 13.2. The highest BCUT2D eigenvalue weighted by Crippen LogP contribution is 2.31. The number of ether oxygens (including phenoxy) is 1. The van der Waals surface area contributed by atoms with Crippen molar-refractivity contribution in [3.05, 3.63) is 35.5 Å². The van der Waals surface area contributed by atoms with Crippen molar-refractivity contribution in [1.29, 1.82) is 0 Å². The smallest absolute Gasteiger partial charge is 0.408 e. The Labute approximate surface area is 185 Å². The number of aromatic nitrogens is 1. The molecule has 32 heavy (non-hydrogen) atoms. The number of carboxylic acid groups (broad SMARTS) is 1. The summed E-state index contributed by atoms with van der Waals surface area (Å²) in [6.07, 6.45) is -0.948. The monoisotopic (exact) mass is 444 g/mol. The van der Waals surface area contributed by atoms with Crippen molar-refractivity contribution in [1.82, 2.24) is 15.2 Å². The van der Waals surface area contributed by atoms with Gasteiger partial charge in [0, 0.05) is 29.4 Å². The lowest BCUT2D eigenvalue weighted by atomic mass is 9.95. The van der Waals surface area contributed by atoms with E-state index in [-0.39, 0.29) is 25.8 Å². The van der Waals surface area contributed by atoms with Crippen molar-refractivity contribution < 1.29 is 29.0 Å². The molecule has 1 aliphatic heterocycles. The number of carbonyl (C=O) groups excluding carboxylic acids is 3. The molecule has 0 radical (unpaired) electrons. The molecule has 10 heteroatoms. The number of rotatable bonds is 6. The minimum Gasteiger partial charge on any atom is -0.480 e. The summed E-state index contributed by atoms with van der Waals surface area (Å²) in [6.45, 7) is 5.06. The van der Waals surface area contributed by atoms with Crippen LogP contribution >= 0.6 is 0 Å². The van der Waals surface area contributed by atoms with Gasteiger partial charge in [0.15, 0.2) is 0 Å². The lowest BCUT2D eigenvalue weighted by molar-refractivity contribution is -0.152. The molecule has 5 N–H and O–H groups in total. The van der Waals surface area contributed by atoms with Crippen molar-refractivity contribution in [2.24, 2.45) is 5.73 Å². The van der Waals surface area contributed by atoms with Gasteiger partial charge in [-0.25, -0.2) is 9.59 Å². The maximum absolute atomic E-state index is 13.4. The van der Waals surface area contributed by atoms with E-state index in [0.29, 0.717) is 0 Å². The van der Waals surface area contributed by atoms with Gasteiger partial charge >= 0.3 is 12.1 Å². The molecule has 0 saturated heterocycles. The van der Waals surface area contributed by atoms with E-state index in [2.05, 4.69) is 10.3 Å². The molecule has 172 valence electrons. The van der Waals surface area contributed by atoms with Crippen molar-refractivity contribution in [2.45, 2.75) is 64.3 Å². The fourth-order valence-electron chi connectivity index (χ4n) is 3.85. The normalized spacial score (nSPS) is 16.8. The third-order valence-corrected chi connectivity index (χ3v) is 5.24. The number of amides is 3. The fraction of sp³-hybridized carbons (Fsp3) is 0.455. The van der Waals surface area contributed by atoms with Gasteiger partial charge in [-0.1, -0.05) is 18.2 Å². The van der Waals surface area contributed by atoms with Crippen LogP contribution in [0.2, 0.25) is 0 Å². The quantitative estimate of drug-likeness (QED) is 0.531. The Morgan fingerprint density at radius 1 is 1.28 bits per heavy atom. The van der Waals surface area contributed by atoms with Crippen molar-refractivity contribution in [3.8, 4) is 0 Å². The number of primary amides is 1. The number of nitrogens with two attached hydrogens (primary N) is 1. The molecule has 0 aliphatic carbocycles. The number of alkyl carbamates (subject to hydrolysis) is 1. The summed E-state index contributed by atoms with van der Waals surface area (Å²) in [6, 6.07) is 5.24. The number of para-hydroxylation sites is 1. The molecule has 2 atom stereocenters. The number of carboxylic acids is 1. The average Bonchev–Trinajstić information content (AvgIpc) is 3.05. The van der Waals surface area contributed by atoms with Gasteiger partial charge in [0.25, 0.3) is 0 Å². The molecule has 0 bridgehead atoms. The summed E-state index contributed by atoms with van der Waals surface area (Å²) in [4.78, 5) is 53.5. The van der Waals surface area contributed by atoms with Crippen LogP contribution in [0.3, 0.4) is 0 Å². The number of hydrogen-bond acceptors (Lipinski definition) is 5. The first-order valence-electron chi connectivity index (χ1n) is 10.4. The van der Waals surface area contributed by atoms with Crippen molar-refractivity contribution in [2.75, 3.05) is 0 Å². The summed E-state index contributed by atoms with van der Waals surface area (Å²) in [5.41, 5.74) is 6.88. The predicted molar refractivity (Wildman–Crippen MR) is 116 cm³/mol. The Kier molecular flexibility index (Phi) is 6.42. The van der Waals surface area contributed by atoms with Crippen LogP contribution < -0.4 is 11.1 Å². The Hall–Kier alpha value is -3.56. The Morgan fingerprint density at radius 3 is 2.59 bits per heavy atom. The van der Waals surface area contributed by atoms with E-state index in [0.717, 1.165) is 22.2 Å². The summed E-state index contributed by atoms with van der Waals surface area (Å²) >= 11 is 0. The van der Waals surface area contributed by atoms with Crippen LogP contribution in [0.4, 0.5) is 4.79 Å². The van der Waals surface area contributed by atoms with Crippen LogP contribution in [0.25, 0.3) is 10.9 Å². The number of benzene rings is 1. The number of fused-ring (bicyclic) bond motifs is 3. The zero-order valence-corrected chi connectivity index (χ0v) is 18.3. The van der Waals surface area contributed by atoms with Gasteiger partial charge in [-0.2, -0.15) is 0 Å². The molecule has 3 amide bonds. The fourth-order valence-corrected chi connectivity index (χ4v) is 3.85. The molecule has 1 aromatic heterocycles. The molecule has 1 aliphatic rings. The van der Waals surface area contributed by atoms with Crippen LogP contribution in [-0.4, -0.2) is 56.6 Å². The van der Waals surface area contributed by atoms with E-state index in [9.17, 15) is 24.3 Å². The average molecular weight is 444 g/mol. The van der Waals surface area contributed by atoms with Crippen LogP contribution in [0.15, 0.2) is 24.3 Å². The Balaban J connectivity index is 1.89. The van der Waals surface area contributed by atoms with E-state index in [1.807, 2.05) is 24.3 Å². The van der Waals surface area contributed by atoms with E-state index in [1.54, 1.807) is 20.8 Å². The largest absolute Gasteiger partial charge is 0.480 e. The summed E-state index contributed by atoms with van der Waals surface area (Å²) in [7, 11) is 0. The lowest BCUT2D eigenvalue weighted by Crippen LogP contribution is -2.56. The molecule has 3 rings (SSSR count). The van der Waals surface area contributed by atoms with E-state index >= 15 is 0 Å². The number of aromatic amines is 1. The SMILES string of the molecule is CC(C)(C)OC(=O)N[C@@H](CCC(N)=O)C(=O)N1Cc2[nH]c3ccccc3c2C[C@H]1C(=O)O. The van der Waals surface area contributed by atoms with E-state index in [1.165, 1.54) is 4.90 Å². The molecule has 2 aromatic rings. The first kappa shape index (κ1) is 23.1. The third kappa shape index (κ3) is 5.19. The third-order valence-electron chi connectivity index (χ3n) is 5.24. The first-order valence-corrected chi connectivity index (χ1v) is 10.4. The first-order chi connectivity index (χ1) is 15.0. The second kappa shape index (κ2) is 8.89. The molecular formula is C22H28N4O6. The number of hydrogen-bond donors (Lipinski definition) is 4. The minimum atomic E-state index is -1.16. The van der Waals surface area contributed by atoms with Crippen LogP contribution in [0.5, 0.6) is 0 Å². The Bertz CT molecular complexity index is 1050. The summed E-state index contributed by atoms with van der Waals surface area (Å²) < 4.78 is 5.22. The highest BCUT2D eigenvalue weighted by atomic mass is 16.6. The maximum Gasteiger partial charge on any atom is 0.408 e. The number of H-pyrrole nitrogens is 1. The van der Waals surface area contributed by atoms with E-state index < -0.39 is 41.6 Å². The van der Waals surface area contributed by atoms with Gasteiger partial charge in [0.1, 0.15) is 17.7 Å². The predicted octanol–water partition coefficient (Wildman–Crippen LogP) is 1.66. The Morgan fingerprint density at radius 2 is 1.97 bits per heavy atom. The zero-order chi connectivity index (χ0) is 23.6. The molecule has 10 nitrogen and oxygen atoms in total. The molecule has 0 saturated carbocycles. The molecule has 0 unspecified atom stereocenters. The van der Waals surface area contributed by atoms with Gasteiger partial charge in [0.2, 0.25) is 11.8 Å². The lowest BCUT2D eigenvalue weighted by Gasteiger charge is -2.35. The van der Waals surface area contributed by atoms with Gasteiger partial charge in [0.05, 0.1) is 6.54 Å². The van der Waals surface area contributed by atoms with Crippen molar-refractivity contribution >= 4 is 34.8 Å². The van der Waals surface area contributed by atoms with Crippen LogP contribution in [-0.2, 0) is 32.1 Å². The molecular weight excluding hydrogens is 416 g/mol. The van der Waals surface area contributed by atoms with Gasteiger partial charge in [-0.15, -0.1) is 0 Å². The van der Waals surface area contributed by atoms with Gasteiger partial charge in [-0.05, 0) is 38.8 Å². The highest BCUT2D eigenvalue weighted by Gasteiger charge is 2.39. The highest BCUT2D eigenvalue weighted by molar-refractivity contribution is 5.92. The number of carbonyl (C=O) groups is 4. The molecule has 0 spiro atoms. The second-order valence-electron chi connectivity index (χ2n) is 8.86. The summed E-state index contributed by atoms with van der Waals surface area (Å²) in [5.74, 6) is -2.41. The van der Waals surface area contributed by atoms with Crippen LogP contribution in [0, 0.1) is 0 Å². The standard InChI is InChI=1S/C22H28N4O6/c1-22(2,3)32-21(31)25-15(8-9-18(23)27)19(28)26-11-16-13(10-17(26)20(29)30)12-6-4-5-7-14(12)24-16/h4-7,15,17,24H,8-11H2,1-3H3,(H2,23,27)(H,25,31)(H,29,30)/t15-,17-/m0/s1. The zero-order valence-electron chi connectivity index (χ0n) is 18.3. The maximum atomic E-state index is 13.4. The topological polar surface area (TPSA) is 155 Å². The van der Waals surface area contributed by atoms with E-state index in [4.69, 9.17) is 10.5 Å². The molecule has 0 fully saturated rings. The minimum absolute atomic E-state index is 0.0306. The van der Waals surface area contributed by atoms with Gasteiger partial charge in [-0.3, -0.25) is 9.59 Å². The molecule has 2 heterocycles. The number of aliphatic carboxylic acids is 1. The second-order valence-corrected chi connectivity index (χ2v) is 8.86.